The van der Waals surface area contributed by atoms with E-state index in [1.807, 2.05) is 0 Å². The average Bonchev–Trinajstić information content (AvgIpc) is 3.29. The third-order valence-corrected chi connectivity index (χ3v) is 15.0. The largest absolute Gasteiger partial charge is 0.481 e. The van der Waals surface area contributed by atoms with E-state index in [0.717, 1.165) is 161 Å². The predicted octanol–water partition coefficient (Wildman–Crippen LogP) is 16.7. The molecule has 0 amide bonds. The quantitative estimate of drug-likeness (QED) is 0.0332. The van der Waals surface area contributed by atoms with Crippen molar-refractivity contribution < 1.29 is 82.5 Å². The Kier molecular flexibility index (Phi) is 59.3. The molecule has 0 saturated heterocycles. The summed E-state index contributed by atoms with van der Waals surface area (Å²) < 4.78 is 66.7. The molecule has 0 bridgehead atoms. The van der Waals surface area contributed by atoms with E-state index in [1.54, 1.807) is 0 Å². The first-order valence-corrected chi connectivity index (χ1v) is 31.2. The van der Waals surface area contributed by atoms with Crippen LogP contribution in [0, 0.1) is 35.5 Å². The van der Waals surface area contributed by atoms with Crippen LogP contribution < -0.4 is 0 Å². The molecule has 18 heteroatoms. The number of hydrogen-bond donors (Lipinski definition) is 4. The molecule has 0 radical (unpaired) electrons. The SMILES string of the molecule is CC(=O)O.CCCCC(CC)COP(=O)(O)OCC(CC)CCCC.CCCCC(CC)COP(=O)(O)OCC(CC)CCCC.CCCCC(CC)COP(=O)(O)OCC(CC)CCCC.[Fe]. The smallest absolute Gasteiger partial charge is 0.472 e. The van der Waals surface area contributed by atoms with Crippen LogP contribution in [0.15, 0.2) is 0 Å². The number of aliphatic carboxylic acids is 1. The van der Waals surface area contributed by atoms with Crippen molar-refractivity contribution in [2.75, 3.05) is 39.6 Å². The summed E-state index contributed by atoms with van der Waals surface area (Å²) in [5, 5.41) is 7.42. The van der Waals surface area contributed by atoms with E-state index in [9.17, 15) is 28.4 Å². The molecule has 0 heterocycles. The maximum Gasteiger partial charge on any atom is 0.472 e. The number of phosphoric ester groups is 3. The van der Waals surface area contributed by atoms with Gasteiger partial charge in [-0.3, -0.25) is 31.9 Å². The molecule has 416 valence electrons. The van der Waals surface area contributed by atoms with E-state index < -0.39 is 29.4 Å². The molecule has 6 atom stereocenters. The number of unbranched alkanes of at least 4 members (excludes halogenated alkanes) is 6. The summed E-state index contributed by atoms with van der Waals surface area (Å²) in [4.78, 5) is 38.3. The van der Waals surface area contributed by atoms with Crippen molar-refractivity contribution in [1.82, 2.24) is 0 Å². The normalized spacial score (nSPS) is 16.5. The molecule has 0 aromatic heterocycles. The molecule has 0 aliphatic heterocycles. The van der Waals surface area contributed by atoms with Crippen LogP contribution in [0.1, 0.15) is 244 Å². The van der Waals surface area contributed by atoms with Crippen molar-refractivity contribution >= 4 is 29.4 Å². The Balaban J connectivity index is -0.000000278. The van der Waals surface area contributed by atoms with Crippen molar-refractivity contribution in [2.45, 2.75) is 244 Å². The standard InChI is InChI=1S/3C16H35O4P.C2H4O2.Fe/c3*1-5-9-11-15(7-3)13-19-21(17,18)20-14-16(8-4)12-10-6-2;1-2(3)4;/h3*15-16H,5-14H2,1-4H3,(H,17,18);1H3,(H,3,4);. The molecule has 0 aromatic carbocycles. The third-order valence-electron chi connectivity index (χ3n) is 12.1. The molecule has 0 saturated carbocycles. The van der Waals surface area contributed by atoms with Gasteiger partial charge < -0.3 is 19.8 Å². The van der Waals surface area contributed by atoms with Crippen LogP contribution in [0.25, 0.3) is 0 Å². The van der Waals surface area contributed by atoms with Crippen LogP contribution in [0.2, 0.25) is 0 Å². The fourth-order valence-electron chi connectivity index (χ4n) is 6.70. The zero-order valence-electron chi connectivity index (χ0n) is 45.7. The van der Waals surface area contributed by atoms with Crippen molar-refractivity contribution in [3.05, 3.63) is 0 Å². The van der Waals surface area contributed by atoms with Crippen molar-refractivity contribution in [3.63, 3.8) is 0 Å². The maximum absolute atomic E-state index is 11.9. The van der Waals surface area contributed by atoms with Crippen molar-refractivity contribution in [3.8, 4) is 0 Å². The molecule has 0 aliphatic carbocycles. The molecular weight excluding hydrogens is 973 g/mol. The van der Waals surface area contributed by atoms with Gasteiger partial charge in [0.25, 0.3) is 5.97 Å². The molecular formula is C50H109FeO14P3. The Morgan fingerprint density at radius 1 is 0.353 bits per heavy atom. The van der Waals surface area contributed by atoms with Crippen molar-refractivity contribution in [1.29, 1.82) is 0 Å². The summed E-state index contributed by atoms with van der Waals surface area (Å²) in [6.45, 7) is 28.4. The minimum absolute atomic E-state index is 0. The second kappa shape index (κ2) is 52.2. The zero-order chi connectivity index (χ0) is 52.0. The molecule has 0 aliphatic rings. The summed E-state index contributed by atoms with van der Waals surface area (Å²) in [5.41, 5.74) is 0. The second-order valence-corrected chi connectivity index (χ2v) is 22.6. The number of carbonyl (C=O) groups is 1. The number of carboxylic acid groups (broad SMARTS) is 1. The molecule has 0 rings (SSSR count). The van der Waals surface area contributed by atoms with Gasteiger partial charge in [0.15, 0.2) is 0 Å². The molecule has 0 aromatic rings. The van der Waals surface area contributed by atoms with E-state index in [1.165, 1.54) is 0 Å². The third kappa shape index (κ3) is 54.1. The predicted molar refractivity (Wildman–Crippen MR) is 278 cm³/mol. The van der Waals surface area contributed by atoms with Crippen LogP contribution in [0.4, 0.5) is 0 Å². The molecule has 4 N–H and O–H groups in total. The fourth-order valence-corrected chi connectivity index (χ4v) is 9.32. The Morgan fingerprint density at radius 3 is 0.559 bits per heavy atom. The van der Waals surface area contributed by atoms with E-state index in [4.69, 9.17) is 37.0 Å². The number of phosphoric acid groups is 3. The van der Waals surface area contributed by atoms with Gasteiger partial charge in [-0.2, -0.15) is 0 Å². The number of hydrogen-bond acceptors (Lipinski definition) is 10. The zero-order valence-corrected chi connectivity index (χ0v) is 49.5. The summed E-state index contributed by atoms with van der Waals surface area (Å²) in [6.07, 6.45) is 25.7. The van der Waals surface area contributed by atoms with Crippen LogP contribution in [0.5, 0.6) is 0 Å². The first-order valence-electron chi connectivity index (χ1n) is 26.7. The van der Waals surface area contributed by atoms with Crippen molar-refractivity contribution in [2.24, 2.45) is 35.5 Å². The summed E-state index contributed by atoms with van der Waals surface area (Å²) in [7, 11) is -11.7. The fraction of sp³-hybridized carbons (Fsp3) is 0.980. The molecule has 0 spiro atoms. The van der Waals surface area contributed by atoms with Gasteiger partial charge in [-0.15, -0.1) is 0 Å². The van der Waals surface area contributed by atoms with Gasteiger partial charge in [-0.25, -0.2) is 13.7 Å². The second-order valence-electron chi connectivity index (χ2n) is 18.2. The molecule has 6 unspecified atom stereocenters. The van der Waals surface area contributed by atoms with Crippen LogP contribution in [-0.4, -0.2) is 65.4 Å². The summed E-state index contributed by atoms with van der Waals surface area (Å²) in [6, 6.07) is 0. The molecule has 14 nitrogen and oxygen atoms in total. The van der Waals surface area contributed by atoms with E-state index in [2.05, 4.69) is 83.1 Å². The van der Waals surface area contributed by atoms with Gasteiger partial charge in [0, 0.05) is 24.0 Å². The van der Waals surface area contributed by atoms with Gasteiger partial charge in [0.2, 0.25) is 0 Å². The van der Waals surface area contributed by atoms with Gasteiger partial charge >= 0.3 is 23.5 Å². The summed E-state index contributed by atoms with van der Waals surface area (Å²) in [5.74, 6) is 1.23. The topological polar surface area (TPSA) is 205 Å². The van der Waals surface area contributed by atoms with E-state index in [-0.39, 0.29) is 17.1 Å². The van der Waals surface area contributed by atoms with Crippen LogP contribution >= 0.6 is 23.5 Å². The Bertz CT molecular complexity index is 1010. The minimum atomic E-state index is -3.89. The van der Waals surface area contributed by atoms with E-state index >= 15 is 0 Å². The average molecular weight is 1080 g/mol. The first kappa shape index (κ1) is 77.2. The first-order chi connectivity index (χ1) is 31.7. The van der Waals surface area contributed by atoms with Crippen LogP contribution in [0.3, 0.4) is 0 Å². The van der Waals surface area contributed by atoms with Gasteiger partial charge in [-0.1, -0.05) is 199 Å². The van der Waals surface area contributed by atoms with Gasteiger partial charge in [-0.05, 0) is 74.0 Å². The molecule has 68 heavy (non-hydrogen) atoms. The van der Waals surface area contributed by atoms with Gasteiger partial charge in [0.1, 0.15) is 0 Å². The molecule has 0 fully saturated rings. The van der Waals surface area contributed by atoms with Gasteiger partial charge in [0.05, 0.1) is 39.6 Å². The minimum Gasteiger partial charge on any atom is -0.481 e. The Labute approximate surface area is 429 Å². The monoisotopic (exact) mass is 1080 g/mol. The summed E-state index contributed by atoms with van der Waals surface area (Å²) >= 11 is 0. The number of carboxylic acids is 1. The van der Waals surface area contributed by atoms with E-state index in [0.29, 0.717) is 75.1 Å². The number of rotatable bonds is 42. The Morgan fingerprint density at radius 2 is 0.471 bits per heavy atom. The Hall–Kier alpha value is 0.319. The van der Waals surface area contributed by atoms with Crippen LogP contribution in [-0.2, 0) is 62.7 Å². The maximum atomic E-state index is 11.9.